The molecule has 12 heavy (non-hydrogen) atoms. The first kappa shape index (κ1) is 7.68. The number of rotatable bonds is 2. The Hall–Kier alpha value is -0.960. The van der Waals surface area contributed by atoms with Crippen LogP contribution in [0.2, 0.25) is 0 Å². The molecule has 0 spiro atoms. The summed E-state index contributed by atoms with van der Waals surface area (Å²) < 4.78 is 0. The molecule has 1 aromatic heterocycles. The molecule has 0 aliphatic heterocycles. The summed E-state index contributed by atoms with van der Waals surface area (Å²) in [7, 11) is 0. The quantitative estimate of drug-likeness (QED) is 0.715. The van der Waals surface area contributed by atoms with Crippen LogP contribution >= 0.6 is 0 Å². The molecule has 0 atom stereocenters. The van der Waals surface area contributed by atoms with Gasteiger partial charge in [-0.25, -0.2) is 9.97 Å². The van der Waals surface area contributed by atoms with E-state index in [0.29, 0.717) is 5.92 Å². The van der Waals surface area contributed by atoms with Crippen molar-refractivity contribution in [2.24, 2.45) is 0 Å². The van der Waals surface area contributed by atoms with Crippen molar-refractivity contribution in [2.45, 2.75) is 31.8 Å². The summed E-state index contributed by atoms with van der Waals surface area (Å²) >= 11 is 0. The van der Waals surface area contributed by atoms with E-state index >= 15 is 0 Å². The van der Waals surface area contributed by atoms with Crippen LogP contribution in [-0.2, 0) is 6.61 Å². The lowest BCUT2D eigenvalue weighted by atomic mass is 9.85. The number of aromatic nitrogens is 2. The summed E-state index contributed by atoms with van der Waals surface area (Å²) in [5, 5.41) is 8.76. The summed E-state index contributed by atoms with van der Waals surface area (Å²) in [5.41, 5.74) is 0.790. The molecule has 64 valence electrons. The molecule has 2 rings (SSSR count). The van der Waals surface area contributed by atoms with Crippen molar-refractivity contribution >= 4 is 0 Å². The molecule has 0 saturated heterocycles. The second-order valence-corrected chi connectivity index (χ2v) is 3.24. The third-order valence-corrected chi connectivity index (χ3v) is 2.38. The summed E-state index contributed by atoms with van der Waals surface area (Å²) in [6.45, 7) is 0.0327. The molecule has 1 aliphatic carbocycles. The lowest BCUT2D eigenvalue weighted by molar-refractivity contribution is 0.280. The highest BCUT2D eigenvalue weighted by Gasteiger charge is 2.21. The van der Waals surface area contributed by atoms with E-state index in [1.54, 1.807) is 12.4 Å². The Kier molecular flexibility index (Phi) is 2.04. The smallest absolute Gasteiger partial charge is 0.131 e. The second kappa shape index (κ2) is 3.19. The highest BCUT2D eigenvalue weighted by atomic mass is 16.3. The van der Waals surface area contributed by atoms with Crippen LogP contribution in [0, 0.1) is 0 Å². The SMILES string of the molecule is OCc1cnc(C2CCC2)nc1. The van der Waals surface area contributed by atoms with Crippen LogP contribution < -0.4 is 0 Å². The van der Waals surface area contributed by atoms with E-state index in [1.807, 2.05) is 0 Å². The van der Waals surface area contributed by atoms with Gasteiger partial charge in [0.15, 0.2) is 0 Å². The molecule has 1 aliphatic rings. The lowest BCUT2D eigenvalue weighted by Gasteiger charge is -2.23. The zero-order valence-corrected chi connectivity index (χ0v) is 6.90. The van der Waals surface area contributed by atoms with Crippen molar-refractivity contribution in [3.8, 4) is 0 Å². The Balaban J connectivity index is 2.13. The first-order valence-corrected chi connectivity index (χ1v) is 4.32. The maximum atomic E-state index is 8.76. The second-order valence-electron chi connectivity index (χ2n) is 3.24. The van der Waals surface area contributed by atoms with Gasteiger partial charge in [0.1, 0.15) is 5.82 Å². The highest BCUT2D eigenvalue weighted by molar-refractivity contribution is 5.07. The van der Waals surface area contributed by atoms with Gasteiger partial charge < -0.3 is 5.11 Å². The molecule has 0 unspecified atom stereocenters. The standard InChI is InChI=1S/C9H12N2O/c12-6-7-4-10-9(11-5-7)8-2-1-3-8/h4-5,8,12H,1-3,6H2. The van der Waals surface area contributed by atoms with Crippen molar-refractivity contribution in [2.75, 3.05) is 0 Å². The van der Waals surface area contributed by atoms with Crippen molar-refractivity contribution < 1.29 is 5.11 Å². The number of aliphatic hydroxyl groups is 1. The molecule has 3 heteroatoms. The Morgan fingerprint density at radius 2 is 2.00 bits per heavy atom. The summed E-state index contributed by atoms with van der Waals surface area (Å²) in [6.07, 6.45) is 7.16. The van der Waals surface area contributed by atoms with Gasteiger partial charge in [0.05, 0.1) is 6.61 Å². The van der Waals surface area contributed by atoms with Crippen LogP contribution in [0.25, 0.3) is 0 Å². The van der Waals surface area contributed by atoms with Gasteiger partial charge >= 0.3 is 0 Å². The van der Waals surface area contributed by atoms with Crippen LogP contribution in [0.15, 0.2) is 12.4 Å². The topological polar surface area (TPSA) is 46.0 Å². The van der Waals surface area contributed by atoms with Gasteiger partial charge in [0, 0.05) is 23.9 Å². The zero-order chi connectivity index (χ0) is 8.39. The average Bonchev–Trinajstić information content (AvgIpc) is 2.03. The van der Waals surface area contributed by atoms with Crippen LogP contribution in [0.5, 0.6) is 0 Å². The van der Waals surface area contributed by atoms with E-state index in [9.17, 15) is 0 Å². The van der Waals surface area contributed by atoms with Crippen molar-refractivity contribution in [1.29, 1.82) is 0 Å². The summed E-state index contributed by atoms with van der Waals surface area (Å²) in [6, 6.07) is 0. The van der Waals surface area contributed by atoms with Gasteiger partial charge in [0.25, 0.3) is 0 Å². The first-order chi connectivity index (χ1) is 5.90. The molecule has 0 radical (unpaired) electrons. The zero-order valence-electron chi connectivity index (χ0n) is 6.90. The van der Waals surface area contributed by atoms with Gasteiger partial charge in [-0.15, -0.1) is 0 Å². The largest absolute Gasteiger partial charge is 0.392 e. The Morgan fingerprint density at radius 3 is 2.42 bits per heavy atom. The fourth-order valence-corrected chi connectivity index (χ4v) is 1.32. The van der Waals surface area contributed by atoms with E-state index < -0.39 is 0 Å². The maximum Gasteiger partial charge on any atom is 0.131 e. The van der Waals surface area contributed by atoms with E-state index in [0.717, 1.165) is 11.4 Å². The molecule has 0 aromatic carbocycles. The van der Waals surface area contributed by atoms with Crippen LogP contribution in [0.1, 0.15) is 36.6 Å². The third kappa shape index (κ3) is 1.32. The number of aliphatic hydroxyl groups excluding tert-OH is 1. The lowest BCUT2D eigenvalue weighted by Crippen LogP contribution is -2.12. The molecule has 1 N–H and O–H groups in total. The number of hydrogen-bond acceptors (Lipinski definition) is 3. The monoisotopic (exact) mass is 164 g/mol. The molecule has 1 heterocycles. The molecule has 0 amide bonds. The molecule has 0 bridgehead atoms. The predicted molar refractivity (Wildman–Crippen MR) is 44.5 cm³/mol. The van der Waals surface area contributed by atoms with Crippen LogP contribution in [-0.4, -0.2) is 15.1 Å². The molecule has 1 saturated carbocycles. The van der Waals surface area contributed by atoms with Gasteiger partial charge in [0.2, 0.25) is 0 Å². The molecule has 3 nitrogen and oxygen atoms in total. The number of hydrogen-bond donors (Lipinski definition) is 1. The molecule has 1 fully saturated rings. The predicted octanol–water partition coefficient (Wildman–Crippen LogP) is 1.24. The summed E-state index contributed by atoms with van der Waals surface area (Å²) in [4.78, 5) is 8.40. The molecular formula is C9H12N2O. The van der Waals surface area contributed by atoms with E-state index in [-0.39, 0.29) is 6.61 Å². The molecule has 1 aromatic rings. The molecular weight excluding hydrogens is 152 g/mol. The van der Waals surface area contributed by atoms with Crippen molar-refractivity contribution in [3.05, 3.63) is 23.8 Å². The van der Waals surface area contributed by atoms with Crippen molar-refractivity contribution in [1.82, 2.24) is 9.97 Å². The minimum Gasteiger partial charge on any atom is -0.392 e. The Morgan fingerprint density at radius 1 is 1.33 bits per heavy atom. The average molecular weight is 164 g/mol. The van der Waals surface area contributed by atoms with Gasteiger partial charge in [-0.3, -0.25) is 0 Å². The van der Waals surface area contributed by atoms with E-state index in [1.165, 1.54) is 19.3 Å². The van der Waals surface area contributed by atoms with E-state index in [4.69, 9.17) is 5.11 Å². The number of nitrogens with zero attached hydrogens (tertiary/aromatic N) is 2. The van der Waals surface area contributed by atoms with Gasteiger partial charge in [-0.2, -0.15) is 0 Å². The van der Waals surface area contributed by atoms with Gasteiger partial charge in [-0.05, 0) is 12.8 Å². The van der Waals surface area contributed by atoms with E-state index in [2.05, 4.69) is 9.97 Å². The van der Waals surface area contributed by atoms with Crippen molar-refractivity contribution in [3.63, 3.8) is 0 Å². The van der Waals surface area contributed by atoms with Gasteiger partial charge in [-0.1, -0.05) is 6.42 Å². The minimum absolute atomic E-state index is 0.0327. The van der Waals surface area contributed by atoms with Crippen LogP contribution in [0.4, 0.5) is 0 Å². The third-order valence-electron chi connectivity index (χ3n) is 2.38. The fraction of sp³-hybridized carbons (Fsp3) is 0.556. The van der Waals surface area contributed by atoms with Crippen LogP contribution in [0.3, 0.4) is 0 Å². The first-order valence-electron chi connectivity index (χ1n) is 4.32. The minimum atomic E-state index is 0.0327. The Labute approximate surface area is 71.5 Å². The Bertz CT molecular complexity index is 254. The fourth-order valence-electron chi connectivity index (χ4n) is 1.32. The normalized spacial score (nSPS) is 17.4. The summed E-state index contributed by atoms with van der Waals surface area (Å²) in [5.74, 6) is 1.52. The highest BCUT2D eigenvalue weighted by Crippen LogP contribution is 2.33. The maximum absolute atomic E-state index is 8.76.